The molecule has 18 heteroatoms. The highest BCUT2D eigenvalue weighted by atomic mass is 35.5. The van der Waals surface area contributed by atoms with Gasteiger partial charge in [-0.2, -0.15) is 4.98 Å². The van der Waals surface area contributed by atoms with Crippen molar-refractivity contribution in [3.8, 4) is 11.5 Å². The summed E-state index contributed by atoms with van der Waals surface area (Å²) in [6.07, 6.45) is 1.57. The van der Waals surface area contributed by atoms with E-state index in [-0.39, 0.29) is 55.2 Å². The van der Waals surface area contributed by atoms with E-state index in [1.54, 1.807) is 24.3 Å². The Morgan fingerprint density at radius 3 is 2.58 bits per heavy atom. The van der Waals surface area contributed by atoms with Gasteiger partial charge < -0.3 is 34.3 Å². The predicted octanol–water partition coefficient (Wildman–Crippen LogP) is 1.63. The third-order valence-corrected chi connectivity index (χ3v) is 9.26. The van der Waals surface area contributed by atoms with Crippen LogP contribution >= 0.6 is 11.6 Å². The summed E-state index contributed by atoms with van der Waals surface area (Å²) in [6.45, 7) is 2.03. The van der Waals surface area contributed by atoms with E-state index in [4.69, 9.17) is 25.8 Å². The maximum Gasteiger partial charge on any atom is 0.293 e. The Morgan fingerprint density at radius 1 is 1.02 bits per heavy atom. The van der Waals surface area contributed by atoms with Crippen LogP contribution in [0, 0.1) is 0 Å². The number of piperidine rings is 1. The number of imide groups is 2. The van der Waals surface area contributed by atoms with Crippen LogP contribution in [0.1, 0.15) is 33.6 Å². The molecule has 274 valence electrons. The van der Waals surface area contributed by atoms with E-state index in [1.165, 1.54) is 36.0 Å². The number of fused-ring (bicyclic) bond motifs is 2. The fourth-order valence-corrected chi connectivity index (χ4v) is 6.41. The first kappa shape index (κ1) is 35.3. The number of rotatable bonds is 11. The topological polar surface area (TPSA) is 203 Å². The Hall–Kier alpha value is -6.07. The number of hydrogen-bond acceptors (Lipinski definition) is 13. The standard InChI is InChI=1S/C35H33ClN8O9/c1-37-29(46)18-53-27-15-19-14-20(39-30-24(36)17-38-35(41-30)42-8-11-51-12-9-42)2-5-25(19)43(34(27)50)10-13-52-21-3-4-22-23(16-21)33(49)44(32(22)48)26-6-7-28(45)40-31(26)47/h2-5,14-17,26H,6-13,18H2,1H3,(H,37,46)(H,38,39,41)(H,40,45,47). The zero-order valence-corrected chi connectivity index (χ0v) is 29.1. The van der Waals surface area contributed by atoms with E-state index in [9.17, 15) is 28.8 Å². The highest BCUT2D eigenvalue weighted by molar-refractivity contribution is 6.33. The molecule has 1 atom stereocenters. The van der Waals surface area contributed by atoms with Crippen LogP contribution in [0.4, 0.5) is 17.5 Å². The number of likely N-dealkylation sites (N-methyl/N-ethyl adjacent to an activating group) is 1. The first-order chi connectivity index (χ1) is 25.6. The molecule has 1 unspecified atom stereocenters. The van der Waals surface area contributed by atoms with E-state index < -0.39 is 41.1 Å². The molecule has 0 spiro atoms. The number of aromatic nitrogens is 3. The van der Waals surface area contributed by atoms with Crippen LogP contribution in [0.5, 0.6) is 11.5 Å². The lowest BCUT2D eigenvalue weighted by molar-refractivity contribution is -0.136. The van der Waals surface area contributed by atoms with Gasteiger partial charge in [0.15, 0.2) is 18.2 Å². The van der Waals surface area contributed by atoms with Gasteiger partial charge in [0, 0.05) is 37.6 Å². The van der Waals surface area contributed by atoms with Gasteiger partial charge in [-0.15, -0.1) is 0 Å². The summed E-state index contributed by atoms with van der Waals surface area (Å²) in [5.41, 5.74) is 0.808. The number of benzene rings is 2. The molecule has 0 radical (unpaired) electrons. The zero-order valence-electron chi connectivity index (χ0n) is 28.3. The van der Waals surface area contributed by atoms with Crippen molar-refractivity contribution in [3.63, 3.8) is 0 Å². The second-order valence-electron chi connectivity index (χ2n) is 12.3. The number of anilines is 3. The zero-order chi connectivity index (χ0) is 37.2. The molecule has 2 aromatic heterocycles. The highest BCUT2D eigenvalue weighted by Gasteiger charge is 2.44. The molecule has 3 aliphatic heterocycles. The molecule has 7 rings (SSSR count). The van der Waals surface area contributed by atoms with Crippen LogP contribution in [-0.4, -0.2) is 102 Å². The van der Waals surface area contributed by atoms with Crippen LogP contribution < -0.4 is 35.9 Å². The van der Waals surface area contributed by atoms with Gasteiger partial charge in [0.05, 0.1) is 42.6 Å². The number of pyridine rings is 1. The van der Waals surface area contributed by atoms with Crippen molar-refractivity contribution in [1.82, 2.24) is 30.1 Å². The van der Waals surface area contributed by atoms with Crippen molar-refractivity contribution in [2.75, 3.05) is 56.8 Å². The minimum Gasteiger partial charge on any atom is -0.492 e. The molecular formula is C35H33ClN8O9. The Balaban J connectivity index is 1.11. The normalized spacial score (nSPS) is 17.1. The number of nitrogens with zero attached hydrogens (tertiary/aromatic N) is 5. The van der Waals surface area contributed by atoms with Crippen LogP contribution in [0.15, 0.2) is 53.5 Å². The van der Waals surface area contributed by atoms with Crippen LogP contribution in [0.2, 0.25) is 5.02 Å². The fraction of sp³-hybridized carbons (Fsp3) is 0.314. The first-order valence-electron chi connectivity index (χ1n) is 16.7. The Morgan fingerprint density at radius 2 is 1.81 bits per heavy atom. The van der Waals surface area contributed by atoms with E-state index in [0.29, 0.717) is 59.7 Å². The average Bonchev–Trinajstić information content (AvgIpc) is 3.40. The number of carbonyl (C=O) groups is 5. The van der Waals surface area contributed by atoms with E-state index >= 15 is 0 Å². The number of nitrogens with one attached hydrogen (secondary N) is 3. The van der Waals surface area contributed by atoms with Crippen molar-refractivity contribution >= 4 is 69.5 Å². The van der Waals surface area contributed by atoms with Gasteiger partial charge in [0.25, 0.3) is 23.3 Å². The lowest BCUT2D eigenvalue weighted by Crippen LogP contribution is -2.54. The largest absolute Gasteiger partial charge is 0.492 e. The number of morpholine rings is 1. The number of carbonyl (C=O) groups excluding carboxylic acids is 5. The molecule has 0 aliphatic carbocycles. The molecule has 5 heterocycles. The first-order valence-corrected chi connectivity index (χ1v) is 17.1. The summed E-state index contributed by atoms with van der Waals surface area (Å²) >= 11 is 6.45. The molecule has 0 saturated carbocycles. The molecule has 2 saturated heterocycles. The van der Waals surface area contributed by atoms with Gasteiger partial charge in [-0.1, -0.05) is 11.6 Å². The van der Waals surface area contributed by atoms with E-state index in [1.807, 2.05) is 4.90 Å². The molecule has 53 heavy (non-hydrogen) atoms. The lowest BCUT2D eigenvalue weighted by atomic mass is 10.0. The molecule has 2 fully saturated rings. The molecule has 5 amide bonds. The van der Waals surface area contributed by atoms with Gasteiger partial charge in [-0.25, -0.2) is 4.98 Å². The molecule has 3 N–H and O–H groups in total. The highest BCUT2D eigenvalue weighted by Crippen LogP contribution is 2.31. The van der Waals surface area contributed by atoms with Gasteiger partial charge in [-0.05, 0) is 48.9 Å². The van der Waals surface area contributed by atoms with Crippen molar-refractivity contribution < 1.29 is 38.2 Å². The van der Waals surface area contributed by atoms with E-state index in [0.717, 1.165) is 4.90 Å². The van der Waals surface area contributed by atoms with Crippen molar-refractivity contribution in [1.29, 1.82) is 0 Å². The average molecular weight is 745 g/mol. The maximum atomic E-state index is 13.6. The molecule has 0 bridgehead atoms. The van der Waals surface area contributed by atoms with Crippen molar-refractivity contribution in [2.24, 2.45) is 0 Å². The second-order valence-corrected chi connectivity index (χ2v) is 12.7. The predicted molar refractivity (Wildman–Crippen MR) is 190 cm³/mol. The van der Waals surface area contributed by atoms with Crippen LogP contribution in [-0.2, 0) is 25.7 Å². The number of hydrogen-bond donors (Lipinski definition) is 3. The summed E-state index contributed by atoms with van der Waals surface area (Å²) in [5.74, 6) is -1.82. The monoisotopic (exact) mass is 744 g/mol. The SMILES string of the molecule is CNC(=O)COc1cc2cc(Nc3nc(N4CCOCC4)ncc3Cl)ccc2n(CCOc2ccc3c(c2)C(=O)N(C2CCC(=O)NC2=O)C3=O)c1=O. The third-order valence-electron chi connectivity index (χ3n) is 8.98. The Labute approximate surface area is 306 Å². The molecule has 3 aliphatic rings. The van der Waals surface area contributed by atoms with Crippen molar-refractivity contribution in [2.45, 2.75) is 25.4 Å². The number of halogens is 1. The van der Waals surface area contributed by atoms with Crippen LogP contribution in [0.3, 0.4) is 0 Å². The number of ether oxygens (including phenoxy) is 3. The quantitative estimate of drug-likeness (QED) is 0.187. The third kappa shape index (κ3) is 7.20. The summed E-state index contributed by atoms with van der Waals surface area (Å²) < 4.78 is 18.4. The minimum absolute atomic E-state index is 0.00852. The number of amides is 5. The second kappa shape index (κ2) is 14.9. The Bertz CT molecular complexity index is 2220. The van der Waals surface area contributed by atoms with Gasteiger partial charge in [0.1, 0.15) is 23.4 Å². The Kier molecular flexibility index (Phi) is 9.92. The fourth-order valence-electron chi connectivity index (χ4n) is 6.27. The maximum absolute atomic E-state index is 13.6. The molecule has 2 aromatic carbocycles. The summed E-state index contributed by atoms with van der Waals surface area (Å²) in [7, 11) is 1.46. The molecule has 17 nitrogen and oxygen atoms in total. The summed E-state index contributed by atoms with van der Waals surface area (Å²) in [6, 6.07) is 10.1. The van der Waals surface area contributed by atoms with Gasteiger partial charge in [-0.3, -0.25) is 39.0 Å². The summed E-state index contributed by atoms with van der Waals surface area (Å²) in [4.78, 5) is 87.8. The van der Waals surface area contributed by atoms with Gasteiger partial charge >= 0.3 is 0 Å². The summed E-state index contributed by atoms with van der Waals surface area (Å²) in [5, 5.41) is 8.76. The minimum atomic E-state index is -1.09. The van der Waals surface area contributed by atoms with E-state index in [2.05, 4.69) is 25.9 Å². The lowest BCUT2D eigenvalue weighted by Gasteiger charge is -2.27. The molecular weight excluding hydrogens is 712 g/mol. The van der Waals surface area contributed by atoms with Gasteiger partial charge in [0.2, 0.25) is 17.8 Å². The van der Waals surface area contributed by atoms with Crippen molar-refractivity contribution in [3.05, 3.63) is 75.2 Å². The van der Waals surface area contributed by atoms with Crippen LogP contribution in [0.25, 0.3) is 10.9 Å². The molecule has 4 aromatic rings. The smallest absolute Gasteiger partial charge is 0.293 e.